The maximum Gasteiger partial charge on any atom is 0.251 e. The lowest BCUT2D eigenvalue weighted by atomic mass is 9.99. The molecule has 1 N–H and O–H groups in total. The van der Waals surface area contributed by atoms with Crippen molar-refractivity contribution in [3.8, 4) is 0 Å². The van der Waals surface area contributed by atoms with E-state index >= 15 is 0 Å². The van der Waals surface area contributed by atoms with Crippen LogP contribution in [0.15, 0.2) is 24.3 Å². The molecule has 1 fully saturated rings. The molecule has 22 heavy (non-hydrogen) atoms. The van der Waals surface area contributed by atoms with Crippen LogP contribution in [0.5, 0.6) is 0 Å². The largest absolute Gasteiger partial charge is 0.349 e. The van der Waals surface area contributed by atoms with Crippen LogP contribution in [0.4, 0.5) is 0 Å². The first kappa shape index (κ1) is 17.0. The van der Waals surface area contributed by atoms with E-state index in [1.807, 2.05) is 12.1 Å². The summed E-state index contributed by atoms with van der Waals surface area (Å²) in [7, 11) is 0. The third kappa shape index (κ3) is 4.84. The highest BCUT2D eigenvalue weighted by molar-refractivity contribution is 5.94. The van der Waals surface area contributed by atoms with E-state index in [1.165, 1.54) is 31.5 Å². The Bertz CT molecular complexity index is 481. The molecule has 3 nitrogen and oxygen atoms in total. The van der Waals surface area contributed by atoms with Crippen molar-refractivity contribution < 1.29 is 4.79 Å². The zero-order chi connectivity index (χ0) is 16.1. The zero-order valence-corrected chi connectivity index (χ0v) is 14.4. The van der Waals surface area contributed by atoms with Crippen LogP contribution in [0, 0.1) is 11.8 Å². The van der Waals surface area contributed by atoms with E-state index in [0.29, 0.717) is 5.92 Å². The van der Waals surface area contributed by atoms with Gasteiger partial charge >= 0.3 is 0 Å². The van der Waals surface area contributed by atoms with Crippen LogP contribution in [0.25, 0.3) is 0 Å². The van der Waals surface area contributed by atoms with Gasteiger partial charge in [0.05, 0.1) is 0 Å². The molecule has 1 saturated heterocycles. The van der Waals surface area contributed by atoms with Crippen molar-refractivity contribution in [3.63, 3.8) is 0 Å². The lowest BCUT2D eigenvalue weighted by molar-refractivity contribution is 0.0930. The number of benzene rings is 1. The van der Waals surface area contributed by atoms with Crippen LogP contribution in [0.2, 0.25) is 0 Å². The summed E-state index contributed by atoms with van der Waals surface area (Å²) in [5, 5.41) is 3.05. The first-order valence-corrected chi connectivity index (χ1v) is 8.58. The molecule has 0 bridgehead atoms. The molecule has 0 aliphatic carbocycles. The molecule has 0 aromatic heterocycles. The fraction of sp³-hybridized carbons (Fsp3) is 0.632. The molecule has 1 aromatic carbocycles. The van der Waals surface area contributed by atoms with Crippen molar-refractivity contribution >= 4 is 5.91 Å². The van der Waals surface area contributed by atoms with Gasteiger partial charge in [0, 0.05) is 24.7 Å². The molecule has 122 valence electrons. The predicted molar refractivity (Wildman–Crippen MR) is 91.9 cm³/mol. The van der Waals surface area contributed by atoms with Gasteiger partial charge in [-0.05, 0) is 55.8 Å². The predicted octanol–water partition coefficient (Wildman–Crippen LogP) is 3.69. The van der Waals surface area contributed by atoms with Crippen molar-refractivity contribution in [2.45, 2.75) is 53.1 Å². The normalized spacial score (nSPS) is 20.9. The quantitative estimate of drug-likeness (QED) is 0.899. The Morgan fingerprint density at radius 3 is 2.55 bits per heavy atom. The number of carbonyl (C=O) groups excluding carboxylic acids is 1. The van der Waals surface area contributed by atoms with Gasteiger partial charge in [-0.25, -0.2) is 0 Å². The first-order chi connectivity index (χ1) is 10.5. The highest BCUT2D eigenvalue weighted by Crippen LogP contribution is 2.18. The number of piperidine rings is 1. The minimum Gasteiger partial charge on any atom is -0.349 e. The number of rotatable bonds is 5. The molecule has 1 aromatic rings. The van der Waals surface area contributed by atoms with Crippen LogP contribution in [-0.2, 0) is 6.54 Å². The summed E-state index contributed by atoms with van der Waals surface area (Å²) < 4.78 is 0. The summed E-state index contributed by atoms with van der Waals surface area (Å²) >= 11 is 0. The number of carbonyl (C=O) groups is 1. The van der Waals surface area contributed by atoms with Crippen molar-refractivity contribution in [2.75, 3.05) is 13.1 Å². The second-order valence-electron chi connectivity index (χ2n) is 7.19. The summed E-state index contributed by atoms with van der Waals surface area (Å²) in [6.45, 7) is 12.0. The summed E-state index contributed by atoms with van der Waals surface area (Å²) in [6, 6.07) is 8.28. The fourth-order valence-electron chi connectivity index (χ4n) is 2.91. The summed E-state index contributed by atoms with van der Waals surface area (Å²) in [4.78, 5) is 14.7. The molecule has 1 heterocycles. The van der Waals surface area contributed by atoms with E-state index in [2.05, 4.69) is 50.0 Å². The Morgan fingerprint density at radius 1 is 1.27 bits per heavy atom. The molecule has 0 radical (unpaired) electrons. The van der Waals surface area contributed by atoms with Gasteiger partial charge in [0.15, 0.2) is 0 Å². The maximum absolute atomic E-state index is 12.2. The molecule has 0 saturated carbocycles. The average Bonchev–Trinajstić information content (AvgIpc) is 2.47. The third-order valence-corrected chi connectivity index (χ3v) is 4.72. The average molecular weight is 302 g/mol. The van der Waals surface area contributed by atoms with E-state index in [1.54, 1.807) is 0 Å². The summed E-state index contributed by atoms with van der Waals surface area (Å²) in [5.74, 6) is 1.28. The van der Waals surface area contributed by atoms with E-state index in [-0.39, 0.29) is 11.9 Å². The van der Waals surface area contributed by atoms with Gasteiger partial charge in [-0.2, -0.15) is 0 Å². The van der Waals surface area contributed by atoms with Crippen LogP contribution in [0.1, 0.15) is 56.5 Å². The second-order valence-corrected chi connectivity index (χ2v) is 7.19. The Morgan fingerprint density at radius 2 is 1.95 bits per heavy atom. The lowest BCUT2D eigenvalue weighted by Gasteiger charge is -2.30. The van der Waals surface area contributed by atoms with E-state index in [9.17, 15) is 4.79 Å². The van der Waals surface area contributed by atoms with Crippen LogP contribution < -0.4 is 5.32 Å². The van der Waals surface area contributed by atoms with Crippen LogP contribution in [-0.4, -0.2) is 29.9 Å². The molecule has 0 unspecified atom stereocenters. The second kappa shape index (κ2) is 7.77. The van der Waals surface area contributed by atoms with Gasteiger partial charge < -0.3 is 5.32 Å². The highest BCUT2D eigenvalue weighted by Gasteiger charge is 2.16. The Balaban J connectivity index is 1.91. The van der Waals surface area contributed by atoms with Gasteiger partial charge in [0.1, 0.15) is 0 Å². The number of amides is 1. The SMILES string of the molecule is CC(C)[C@H](C)NC(=O)c1ccc(CN2CCC[C@@H](C)C2)cc1. The number of hydrogen-bond donors (Lipinski definition) is 1. The molecule has 0 spiro atoms. The van der Waals surface area contributed by atoms with Gasteiger partial charge in [-0.15, -0.1) is 0 Å². The molecule has 3 heteroatoms. The van der Waals surface area contributed by atoms with Gasteiger partial charge in [-0.3, -0.25) is 9.69 Å². The van der Waals surface area contributed by atoms with Crippen LogP contribution in [0.3, 0.4) is 0 Å². The van der Waals surface area contributed by atoms with Crippen molar-refractivity contribution in [1.82, 2.24) is 10.2 Å². The fourth-order valence-corrected chi connectivity index (χ4v) is 2.91. The molecule has 2 atom stereocenters. The Hall–Kier alpha value is -1.35. The lowest BCUT2D eigenvalue weighted by Crippen LogP contribution is -2.36. The van der Waals surface area contributed by atoms with Crippen molar-refractivity contribution in [1.29, 1.82) is 0 Å². The van der Waals surface area contributed by atoms with E-state index in [4.69, 9.17) is 0 Å². The van der Waals surface area contributed by atoms with Crippen molar-refractivity contribution in [3.05, 3.63) is 35.4 Å². The first-order valence-electron chi connectivity index (χ1n) is 8.58. The molecule has 1 aliphatic rings. The minimum atomic E-state index is 0.0272. The summed E-state index contributed by atoms with van der Waals surface area (Å²) in [5.41, 5.74) is 2.05. The molecular weight excluding hydrogens is 272 g/mol. The zero-order valence-electron chi connectivity index (χ0n) is 14.4. The molecule has 1 aliphatic heterocycles. The number of hydrogen-bond acceptors (Lipinski definition) is 2. The van der Waals surface area contributed by atoms with E-state index in [0.717, 1.165) is 18.0 Å². The number of nitrogens with one attached hydrogen (secondary N) is 1. The van der Waals surface area contributed by atoms with E-state index < -0.39 is 0 Å². The maximum atomic E-state index is 12.2. The molecule has 1 amide bonds. The standard InChI is InChI=1S/C19H30N2O/c1-14(2)16(4)20-19(22)18-9-7-17(8-10-18)13-21-11-5-6-15(3)12-21/h7-10,14-16H,5-6,11-13H2,1-4H3,(H,20,22)/t15-,16+/m1/s1. The van der Waals surface area contributed by atoms with Gasteiger partial charge in [0.2, 0.25) is 0 Å². The molecule has 2 rings (SSSR count). The molecular formula is C19H30N2O. The minimum absolute atomic E-state index is 0.0272. The van der Waals surface area contributed by atoms with Crippen molar-refractivity contribution in [2.24, 2.45) is 11.8 Å². The smallest absolute Gasteiger partial charge is 0.251 e. The third-order valence-electron chi connectivity index (χ3n) is 4.72. The van der Waals surface area contributed by atoms with Gasteiger partial charge in [0.25, 0.3) is 5.91 Å². The Labute approximate surface area is 135 Å². The monoisotopic (exact) mass is 302 g/mol. The summed E-state index contributed by atoms with van der Waals surface area (Å²) in [6.07, 6.45) is 2.65. The number of likely N-dealkylation sites (tertiary alicyclic amines) is 1. The highest BCUT2D eigenvalue weighted by atomic mass is 16.1. The topological polar surface area (TPSA) is 32.3 Å². The Kier molecular flexibility index (Phi) is 6.01. The number of nitrogens with zero attached hydrogens (tertiary/aromatic N) is 1. The van der Waals surface area contributed by atoms with Gasteiger partial charge in [-0.1, -0.05) is 32.9 Å². The van der Waals surface area contributed by atoms with Crippen LogP contribution >= 0.6 is 0 Å².